The molecule has 3 aromatic rings. The van der Waals surface area contributed by atoms with Gasteiger partial charge in [0.05, 0.1) is 23.5 Å². The van der Waals surface area contributed by atoms with Gasteiger partial charge in [-0.3, -0.25) is 9.59 Å². The number of hydrogen-bond donors (Lipinski definition) is 2. The standard InChI is InChI=1S/C27H27N3O8S2/c1-4-17-15(3)40-25(23(17)27(34)35-5-2)30-21(31)12-36-26(33)18-7-6-10-28-24(18)39-13-22(32)29-16-8-9-19-20(11-16)38-14-37-19/h6-11H,4-5,12-14H2,1-3H3,(H,29,32)(H,30,31). The van der Waals surface area contributed by atoms with Crippen LogP contribution >= 0.6 is 23.1 Å². The third-order valence-corrected chi connectivity index (χ3v) is 7.68. The van der Waals surface area contributed by atoms with Crippen molar-refractivity contribution in [2.75, 3.05) is 36.4 Å². The summed E-state index contributed by atoms with van der Waals surface area (Å²) in [6, 6.07) is 8.12. The molecule has 0 spiro atoms. The van der Waals surface area contributed by atoms with Gasteiger partial charge in [-0.15, -0.1) is 11.3 Å². The lowest BCUT2D eigenvalue weighted by molar-refractivity contribution is -0.119. The number of hydrogen-bond acceptors (Lipinski definition) is 11. The fraction of sp³-hybridized carbons (Fsp3) is 0.296. The van der Waals surface area contributed by atoms with Crippen LogP contribution in [0.3, 0.4) is 0 Å². The number of carbonyl (C=O) groups is 4. The van der Waals surface area contributed by atoms with Crippen LogP contribution in [0.1, 0.15) is 45.0 Å². The lowest BCUT2D eigenvalue weighted by atomic mass is 10.1. The smallest absolute Gasteiger partial charge is 0.341 e. The Kier molecular flexibility index (Phi) is 9.61. The summed E-state index contributed by atoms with van der Waals surface area (Å²) in [5.41, 5.74) is 1.77. The maximum Gasteiger partial charge on any atom is 0.341 e. The lowest BCUT2D eigenvalue weighted by Crippen LogP contribution is -2.22. The van der Waals surface area contributed by atoms with E-state index in [0.29, 0.717) is 34.2 Å². The van der Waals surface area contributed by atoms with E-state index in [1.54, 1.807) is 31.2 Å². The number of pyridine rings is 1. The summed E-state index contributed by atoms with van der Waals surface area (Å²) in [4.78, 5) is 55.4. The molecule has 2 N–H and O–H groups in total. The van der Waals surface area contributed by atoms with E-state index in [1.807, 2.05) is 13.8 Å². The normalized spacial score (nSPS) is 11.6. The number of fused-ring (bicyclic) bond motifs is 1. The SMILES string of the molecule is CCOC(=O)c1c(NC(=O)COC(=O)c2cccnc2SCC(=O)Nc2ccc3c(c2)OCO3)sc(C)c1CC. The summed E-state index contributed by atoms with van der Waals surface area (Å²) in [7, 11) is 0. The molecular formula is C27H27N3O8S2. The number of esters is 2. The molecule has 11 nitrogen and oxygen atoms in total. The van der Waals surface area contributed by atoms with Gasteiger partial charge in [-0.2, -0.15) is 0 Å². The molecule has 3 heterocycles. The van der Waals surface area contributed by atoms with Gasteiger partial charge in [0.15, 0.2) is 18.1 Å². The number of thiophene rings is 1. The van der Waals surface area contributed by atoms with Crippen molar-refractivity contribution < 1.29 is 38.1 Å². The Morgan fingerprint density at radius 1 is 1.02 bits per heavy atom. The highest BCUT2D eigenvalue weighted by molar-refractivity contribution is 8.00. The molecular weight excluding hydrogens is 558 g/mol. The van der Waals surface area contributed by atoms with E-state index in [9.17, 15) is 19.2 Å². The van der Waals surface area contributed by atoms with Gasteiger partial charge >= 0.3 is 11.9 Å². The molecule has 0 bridgehead atoms. The van der Waals surface area contributed by atoms with Gasteiger partial charge in [0.1, 0.15) is 10.0 Å². The summed E-state index contributed by atoms with van der Waals surface area (Å²) in [6.07, 6.45) is 2.08. The predicted molar refractivity (Wildman–Crippen MR) is 149 cm³/mol. The average Bonchev–Trinajstić information content (AvgIpc) is 3.53. The number of nitrogens with zero attached hydrogens (tertiary/aromatic N) is 1. The van der Waals surface area contributed by atoms with E-state index in [4.69, 9.17) is 18.9 Å². The molecule has 13 heteroatoms. The molecule has 40 heavy (non-hydrogen) atoms. The van der Waals surface area contributed by atoms with E-state index in [0.717, 1.165) is 22.2 Å². The van der Waals surface area contributed by atoms with Gasteiger partial charge in [-0.1, -0.05) is 18.7 Å². The number of aromatic nitrogens is 1. The minimum Gasteiger partial charge on any atom is -0.462 e. The van der Waals surface area contributed by atoms with Crippen LogP contribution in [0, 0.1) is 6.92 Å². The number of ether oxygens (including phenoxy) is 4. The summed E-state index contributed by atoms with van der Waals surface area (Å²) < 4.78 is 20.9. The summed E-state index contributed by atoms with van der Waals surface area (Å²) in [5.74, 6) is -1.10. The fourth-order valence-electron chi connectivity index (χ4n) is 3.85. The topological polar surface area (TPSA) is 142 Å². The zero-order valence-electron chi connectivity index (χ0n) is 22.0. The molecule has 1 aliphatic heterocycles. The highest BCUT2D eigenvalue weighted by Gasteiger charge is 2.24. The molecule has 1 aromatic carbocycles. The van der Waals surface area contributed by atoms with E-state index < -0.39 is 24.5 Å². The molecule has 2 amide bonds. The van der Waals surface area contributed by atoms with Crippen molar-refractivity contribution in [2.45, 2.75) is 32.2 Å². The van der Waals surface area contributed by atoms with Crippen molar-refractivity contribution in [2.24, 2.45) is 0 Å². The Morgan fingerprint density at radius 3 is 2.60 bits per heavy atom. The quantitative estimate of drug-likeness (QED) is 0.245. The van der Waals surface area contributed by atoms with Crippen LogP contribution in [0.4, 0.5) is 10.7 Å². The van der Waals surface area contributed by atoms with Crippen LogP contribution in [0.15, 0.2) is 41.6 Å². The number of aryl methyl sites for hydroxylation is 1. The van der Waals surface area contributed by atoms with Crippen molar-refractivity contribution in [3.8, 4) is 11.5 Å². The van der Waals surface area contributed by atoms with E-state index in [2.05, 4.69) is 15.6 Å². The maximum atomic E-state index is 12.8. The Bertz CT molecular complexity index is 1440. The molecule has 0 saturated heterocycles. The first-order valence-corrected chi connectivity index (χ1v) is 14.1. The summed E-state index contributed by atoms with van der Waals surface area (Å²) >= 11 is 2.31. The van der Waals surface area contributed by atoms with Gasteiger partial charge in [0, 0.05) is 22.8 Å². The molecule has 0 radical (unpaired) electrons. The van der Waals surface area contributed by atoms with Crippen molar-refractivity contribution in [3.05, 3.63) is 58.1 Å². The third-order valence-electron chi connectivity index (χ3n) is 5.62. The highest BCUT2D eigenvalue weighted by Crippen LogP contribution is 2.35. The van der Waals surface area contributed by atoms with Crippen LogP contribution in [-0.2, 0) is 25.5 Å². The van der Waals surface area contributed by atoms with Crippen LogP contribution in [0.5, 0.6) is 11.5 Å². The highest BCUT2D eigenvalue weighted by atomic mass is 32.2. The third kappa shape index (κ3) is 6.90. The van der Waals surface area contributed by atoms with Crippen molar-refractivity contribution in [1.82, 2.24) is 4.98 Å². The largest absolute Gasteiger partial charge is 0.462 e. The second-order valence-electron chi connectivity index (χ2n) is 8.30. The van der Waals surface area contributed by atoms with Gasteiger partial charge in [0.25, 0.3) is 5.91 Å². The minimum absolute atomic E-state index is 0.0274. The first-order valence-electron chi connectivity index (χ1n) is 12.3. The average molecular weight is 586 g/mol. The second-order valence-corrected chi connectivity index (χ2v) is 10.5. The van der Waals surface area contributed by atoms with Crippen LogP contribution in [0.2, 0.25) is 0 Å². The maximum absolute atomic E-state index is 12.8. The summed E-state index contributed by atoms with van der Waals surface area (Å²) in [5, 5.41) is 6.04. The van der Waals surface area contributed by atoms with Crippen LogP contribution in [0.25, 0.3) is 0 Å². The van der Waals surface area contributed by atoms with Crippen molar-refractivity contribution >= 4 is 57.5 Å². The predicted octanol–water partition coefficient (Wildman–Crippen LogP) is 4.45. The van der Waals surface area contributed by atoms with Gasteiger partial charge < -0.3 is 29.6 Å². The Morgan fingerprint density at radius 2 is 1.82 bits per heavy atom. The minimum atomic E-state index is -0.774. The van der Waals surface area contributed by atoms with E-state index in [-0.39, 0.29) is 35.6 Å². The van der Waals surface area contributed by atoms with Crippen LogP contribution in [-0.4, -0.2) is 54.5 Å². The van der Waals surface area contributed by atoms with Gasteiger partial charge in [0.2, 0.25) is 12.7 Å². The molecule has 2 aromatic heterocycles. The second kappa shape index (κ2) is 13.3. The number of anilines is 2. The van der Waals surface area contributed by atoms with Crippen molar-refractivity contribution in [3.63, 3.8) is 0 Å². The van der Waals surface area contributed by atoms with Gasteiger partial charge in [-0.25, -0.2) is 14.6 Å². The molecule has 210 valence electrons. The Balaban J connectivity index is 1.33. The molecule has 0 atom stereocenters. The van der Waals surface area contributed by atoms with Crippen LogP contribution < -0.4 is 20.1 Å². The van der Waals surface area contributed by atoms with Crippen molar-refractivity contribution in [1.29, 1.82) is 0 Å². The van der Waals surface area contributed by atoms with E-state index >= 15 is 0 Å². The number of carbonyl (C=O) groups excluding carboxylic acids is 4. The molecule has 0 unspecified atom stereocenters. The zero-order valence-corrected chi connectivity index (χ0v) is 23.7. The molecule has 0 saturated carbocycles. The molecule has 0 aliphatic carbocycles. The first-order chi connectivity index (χ1) is 19.3. The Hall–Kier alpha value is -4.10. The molecule has 4 rings (SSSR count). The first kappa shape index (κ1) is 28.9. The number of amides is 2. The Labute approximate surface area is 238 Å². The van der Waals surface area contributed by atoms with Gasteiger partial charge in [-0.05, 0) is 50.1 Å². The molecule has 0 fully saturated rings. The fourth-order valence-corrected chi connectivity index (χ4v) is 5.78. The summed E-state index contributed by atoms with van der Waals surface area (Å²) in [6.45, 7) is 5.23. The number of thioether (sulfide) groups is 1. The lowest BCUT2D eigenvalue weighted by Gasteiger charge is -2.10. The molecule has 1 aliphatic rings. The number of nitrogens with one attached hydrogen (secondary N) is 2. The zero-order chi connectivity index (χ0) is 28.6. The number of benzene rings is 1. The number of rotatable bonds is 11. The van der Waals surface area contributed by atoms with E-state index in [1.165, 1.54) is 23.6 Å². The monoisotopic (exact) mass is 585 g/mol.